The van der Waals surface area contributed by atoms with Gasteiger partial charge in [-0.2, -0.15) is 8.42 Å². The van der Waals surface area contributed by atoms with E-state index in [1.807, 2.05) is 0 Å². The van der Waals surface area contributed by atoms with Gasteiger partial charge in [0.15, 0.2) is 0 Å². The minimum absolute atomic E-state index is 0.0681. The number of benzene rings is 3. The Bertz CT molecular complexity index is 1650. The first-order valence-electron chi connectivity index (χ1n) is 11.5. The highest BCUT2D eigenvalue weighted by Gasteiger charge is 2.36. The van der Waals surface area contributed by atoms with Crippen LogP contribution < -0.4 is 14.2 Å². The fourth-order valence-corrected chi connectivity index (χ4v) is 5.39. The van der Waals surface area contributed by atoms with E-state index in [9.17, 15) is 32.9 Å². The van der Waals surface area contributed by atoms with Gasteiger partial charge in [0.25, 0.3) is 16.8 Å². The Morgan fingerprint density at radius 3 is 2.48 bits per heavy atom. The van der Waals surface area contributed by atoms with Gasteiger partial charge in [-0.05, 0) is 60.7 Å². The molecule has 0 spiro atoms. The van der Waals surface area contributed by atoms with E-state index in [1.54, 1.807) is 24.3 Å². The van der Waals surface area contributed by atoms with Crippen molar-refractivity contribution in [2.45, 2.75) is 11.8 Å². The molecule has 3 aromatic carbocycles. The zero-order chi connectivity index (χ0) is 29.0. The molecule has 0 unspecified atom stereocenters. The summed E-state index contributed by atoms with van der Waals surface area (Å²) < 4.78 is 35.5. The highest BCUT2D eigenvalue weighted by atomic mass is 32.2. The van der Waals surface area contributed by atoms with Gasteiger partial charge in [0.05, 0.1) is 22.6 Å². The second kappa shape index (κ2) is 11.6. The average Bonchev–Trinajstić information content (AvgIpc) is 3.17. The first-order valence-corrected chi connectivity index (χ1v) is 13.7. The van der Waals surface area contributed by atoms with Crippen LogP contribution in [-0.4, -0.2) is 48.9 Å². The number of carbonyl (C=O) groups excluding carboxylic acids is 3. The number of rotatable bonds is 9. The molecule has 0 aromatic heterocycles. The number of nitrogens with one attached hydrogen (secondary N) is 1. The van der Waals surface area contributed by atoms with Crippen LogP contribution in [0.3, 0.4) is 0 Å². The van der Waals surface area contributed by atoms with Crippen LogP contribution >= 0.6 is 11.8 Å². The lowest BCUT2D eigenvalue weighted by Crippen LogP contribution is -2.36. The van der Waals surface area contributed by atoms with Crippen molar-refractivity contribution in [1.29, 1.82) is 0 Å². The van der Waals surface area contributed by atoms with Gasteiger partial charge in [-0.3, -0.25) is 29.4 Å². The van der Waals surface area contributed by atoms with E-state index in [1.165, 1.54) is 56.5 Å². The van der Waals surface area contributed by atoms with Crippen molar-refractivity contribution in [3.8, 4) is 11.5 Å². The standard InChI is InChI=1S/C26H21N3O9S2/c1-16-7-12-19(14-21(16)29(33)34)40(35,36)38-18-10-8-17(9-11-18)13-23-25(31)28(26(32)39-23)15-24(30)27-20-5-3-4-6-22(20)37-2/h3-14H,15H2,1-2H3,(H,27,30)/b23-13-. The largest absolute Gasteiger partial charge is 0.495 e. The molecule has 1 fully saturated rings. The number of amides is 3. The SMILES string of the molecule is COc1ccccc1NC(=O)CN1C(=O)S/C(=C\c2ccc(OS(=O)(=O)c3ccc(C)c([N+](=O)[O-])c3)cc2)C1=O. The van der Waals surface area contributed by atoms with Crippen LogP contribution in [0, 0.1) is 17.0 Å². The number of nitrogens with zero attached hydrogens (tertiary/aromatic N) is 2. The molecule has 40 heavy (non-hydrogen) atoms. The number of hydrogen-bond donors (Lipinski definition) is 1. The number of thioether (sulfide) groups is 1. The third-order valence-corrected chi connectivity index (χ3v) is 7.76. The second-order valence-corrected chi connectivity index (χ2v) is 10.9. The normalized spacial score (nSPS) is 14.3. The first kappa shape index (κ1) is 28.3. The van der Waals surface area contributed by atoms with Crippen molar-refractivity contribution >= 4 is 56.4 Å². The summed E-state index contributed by atoms with van der Waals surface area (Å²) in [5.41, 5.74) is 0.795. The molecule has 1 heterocycles. The summed E-state index contributed by atoms with van der Waals surface area (Å²) in [5, 5.41) is 13.1. The Morgan fingerprint density at radius 1 is 1.10 bits per heavy atom. The van der Waals surface area contributed by atoms with Crippen molar-refractivity contribution in [3.63, 3.8) is 0 Å². The van der Waals surface area contributed by atoms with E-state index in [4.69, 9.17) is 8.92 Å². The summed E-state index contributed by atoms with van der Waals surface area (Å²) >= 11 is 0.661. The van der Waals surface area contributed by atoms with Gasteiger partial charge in [0, 0.05) is 11.6 Å². The smallest absolute Gasteiger partial charge is 0.339 e. The molecule has 0 bridgehead atoms. The predicted molar refractivity (Wildman–Crippen MR) is 146 cm³/mol. The number of ether oxygens (including phenoxy) is 1. The van der Waals surface area contributed by atoms with Crippen LogP contribution in [-0.2, 0) is 19.7 Å². The van der Waals surface area contributed by atoms with Crippen LogP contribution in [0.5, 0.6) is 11.5 Å². The van der Waals surface area contributed by atoms with Crippen molar-refractivity contribution in [2.75, 3.05) is 19.0 Å². The molecule has 12 nitrogen and oxygen atoms in total. The van der Waals surface area contributed by atoms with Gasteiger partial charge in [0.2, 0.25) is 5.91 Å². The summed E-state index contributed by atoms with van der Waals surface area (Å²) in [6, 6.07) is 15.7. The predicted octanol–water partition coefficient (Wildman–Crippen LogP) is 4.35. The quantitative estimate of drug-likeness (QED) is 0.166. The van der Waals surface area contributed by atoms with Crippen molar-refractivity contribution in [3.05, 3.63) is 92.9 Å². The molecule has 0 atom stereocenters. The van der Waals surface area contributed by atoms with Gasteiger partial charge in [-0.15, -0.1) is 0 Å². The molecule has 0 aliphatic carbocycles. The van der Waals surface area contributed by atoms with E-state index in [0.29, 0.717) is 34.3 Å². The van der Waals surface area contributed by atoms with Crippen LogP contribution in [0.1, 0.15) is 11.1 Å². The number of imide groups is 1. The summed E-state index contributed by atoms with van der Waals surface area (Å²) in [6.07, 6.45) is 1.42. The van der Waals surface area contributed by atoms with Crippen LogP contribution in [0.15, 0.2) is 76.5 Å². The van der Waals surface area contributed by atoms with Crippen LogP contribution in [0.25, 0.3) is 6.08 Å². The lowest BCUT2D eigenvalue weighted by molar-refractivity contribution is -0.385. The van der Waals surface area contributed by atoms with E-state index in [-0.39, 0.29) is 21.2 Å². The Hall–Kier alpha value is -4.69. The van der Waals surface area contributed by atoms with Gasteiger partial charge in [-0.1, -0.05) is 30.3 Å². The van der Waals surface area contributed by atoms with Crippen LogP contribution in [0.4, 0.5) is 16.2 Å². The molecule has 14 heteroatoms. The van der Waals surface area contributed by atoms with Crippen molar-refractivity contribution in [2.24, 2.45) is 0 Å². The lowest BCUT2D eigenvalue weighted by Gasteiger charge is -2.14. The number of carbonyl (C=O) groups is 3. The minimum Gasteiger partial charge on any atom is -0.495 e. The molecule has 4 rings (SSSR count). The molecular weight excluding hydrogens is 562 g/mol. The molecule has 1 saturated heterocycles. The van der Waals surface area contributed by atoms with Crippen LogP contribution in [0.2, 0.25) is 0 Å². The maximum Gasteiger partial charge on any atom is 0.339 e. The Balaban J connectivity index is 1.43. The molecule has 1 aliphatic heterocycles. The Kier molecular flexibility index (Phi) is 8.21. The molecule has 1 aliphatic rings. The summed E-state index contributed by atoms with van der Waals surface area (Å²) in [6.45, 7) is 0.988. The summed E-state index contributed by atoms with van der Waals surface area (Å²) in [5.74, 6) is -0.893. The number of hydrogen-bond acceptors (Lipinski definition) is 10. The average molecular weight is 584 g/mol. The van der Waals surface area contributed by atoms with Gasteiger partial charge in [-0.25, -0.2) is 0 Å². The third-order valence-electron chi connectivity index (χ3n) is 5.61. The first-order chi connectivity index (χ1) is 19.0. The molecule has 3 amide bonds. The molecule has 206 valence electrons. The minimum atomic E-state index is -4.36. The number of methoxy groups -OCH3 is 1. The maximum absolute atomic E-state index is 12.8. The molecule has 1 N–H and O–H groups in total. The molecule has 3 aromatic rings. The monoisotopic (exact) mass is 583 g/mol. The highest BCUT2D eigenvalue weighted by molar-refractivity contribution is 8.18. The molecular formula is C26H21N3O9S2. The Morgan fingerprint density at radius 2 is 1.80 bits per heavy atom. The van der Waals surface area contributed by atoms with Gasteiger partial charge >= 0.3 is 10.1 Å². The number of nitro groups is 1. The Labute approximate surface area is 232 Å². The van der Waals surface area contributed by atoms with Gasteiger partial charge in [0.1, 0.15) is 22.9 Å². The zero-order valence-corrected chi connectivity index (χ0v) is 22.7. The molecule has 0 radical (unpaired) electrons. The van der Waals surface area contributed by atoms with Crippen molar-refractivity contribution in [1.82, 2.24) is 4.90 Å². The maximum atomic E-state index is 12.8. The summed E-state index contributed by atoms with van der Waals surface area (Å²) in [7, 11) is -2.91. The van der Waals surface area contributed by atoms with E-state index >= 15 is 0 Å². The lowest BCUT2D eigenvalue weighted by atomic mass is 10.2. The summed E-state index contributed by atoms with van der Waals surface area (Å²) in [4.78, 5) is 48.7. The molecule has 0 saturated carbocycles. The van der Waals surface area contributed by atoms with E-state index < -0.39 is 38.6 Å². The van der Waals surface area contributed by atoms with Gasteiger partial charge < -0.3 is 14.2 Å². The van der Waals surface area contributed by atoms with Crippen molar-refractivity contribution < 1.29 is 36.6 Å². The number of para-hydroxylation sites is 2. The van der Waals surface area contributed by atoms with E-state index in [0.717, 1.165) is 11.0 Å². The highest BCUT2D eigenvalue weighted by Crippen LogP contribution is 2.33. The fourth-order valence-electron chi connectivity index (χ4n) is 3.60. The number of anilines is 1. The zero-order valence-electron chi connectivity index (χ0n) is 21.0. The topological polar surface area (TPSA) is 162 Å². The third kappa shape index (κ3) is 6.30. The van der Waals surface area contributed by atoms with E-state index in [2.05, 4.69) is 5.32 Å². The number of aryl methyl sites for hydroxylation is 1. The second-order valence-electron chi connectivity index (χ2n) is 8.33. The fraction of sp³-hybridized carbons (Fsp3) is 0.115. The number of nitro benzene ring substituents is 1.